The molecule has 2 aliphatic rings. The number of benzene rings is 1. The number of nitrogens with one attached hydrogen (secondary N) is 1. The Morgan fingerprint density at radius 2 is 1.62 bits per heavy atom. The average Bonchev–Trinajstić information content (AvgIpc) is 2.80. The minimum absolute atomic E-state index is 0.0650. The third-order valence-electron chi connectivity index (χ3n) is 7.08. The third-order valence-corrected chi connectivity index (χ3v) is 7.08. The van der Waals surface area contributed by atoms with Crippen molar-refractivity contribution >= 4 is 17.8 Å². The van der Waals surface area contributed by atoms with E-state index < -0.39 is 5.97 Å². The summed E-state index contributed by atoms with van der Waals surface area (Å²) < 4.78 is 0. The molecule has 2 aliphatic heterocycles. The fraction of sp³-hybridized carbons (Fsp3) is 0.640. The van der Waals surface area contributed by atoms with Crippen LogP contribution in [0.1, 0.15) is 56.9 Å². The first kappa shape index (κ1) is 24.2. The fourth-order valence-corrected chi connectivity index (χ4v) is 4.90. The van der Waals surface area contributed by atoms with Gasteiger partial charge in [-0.1, -0.05) is 30.3 Å². The molecule has 2 fully saturated rings. The lowest BCUT2D eigenvalue weighted by atomic mass is 9.71. The van der Waals surface area contributed by atoms with E-state index >= 15 is 0 Å². The highest BCUT2D eigenvalue weighted by Gasteiger charge is 2.36. The highest BCUT2D eigenvalue weighted by Crippen LogP contribution is 2.39. The van der Waals surface area contributed by atoms with Crippen LogP contribution >= 0.6 is 0 Å². The molecule has 2 heterocycles. The highest BCUT2D eigenvalue weighted by atomic mass is 16.4. The molecule has 0 aromatic heterocycles. The zero-order chi connectivity index (χ0) is 22.8. The Labute approximate surface area is 191 Å². The van der Waals surface area contributed by atoms with Gasteiger partial charge in [-0.05, 0) is 62.6 Å². The van der Waals surface area contributed by atoms with E-state index in [0.29, 0.717) is 31.2 Å². The van der Waals surface area contributed by atoms with Crippen molar-refractivity contribution in [2.24, 2.45) is 5.41 Å². The Morgan fingerprint density at radius 3 is 2.28 bits per heavy atom. The summed E-state index contributed by atoms with van der Waals surface area (Å²) in [5.74, 6) is -0.834. The number of hydrogen-bond acceptors (Lipinski definition) is 4. The number of nitrogens with zero attached hydrogens (tertiary/aromatic N) is 2. The predicted octanol–water partition coefficient (Wildman–Crippen LogP) is 2.69. The molecule has 1 spiro atoms. The van der Waals surface area contributed by atoms with Gasteiger partial charge in [0.15, 0.2) is 0 Å². The van der Waals surface area contributed by atoms with Crippen LogP contribution in [0, 0.1) is 5.41 Å². The second-order valence-corrected chi connectivity index (χ2v) is 9.24. The number of carboxylic acids is 1. The van der Waals surface area contributed by atoms with Crippen LogP contribution in [0.2, 0.25) is 0 Å². The molecule has 7 heteroatoms. The van der Waals surface area contributed by atoms with Crippen molar-refractivity contribution in [1.29, 1.82) is 0 Å². The lowest BCUT2D eigenvalue weighted by molar-refractivity contribution is -0.138. The molecule has 2 saturated heterocycles. The molecule has 0 atom stereocenters. The Morgan fingerprint density at radius 1 is 0.938 bits per heavy atom. The van der Waals surface area contributed by atoms with Crippen LogP contribution in [0.3, 0.4) is 0 Å². The number of hydrogen-bond donors (Lipinski definition) is 2. The van der Waals surface area contributed by atoms with Crippen LogP contribution in [0.15, 0.2) is 30.3 Å². The largest absolute Gasteiger partial charge is 0.481 e. The first-order valence-electron chi connectivity index (χ1n) is 12.0. The third kappa shape index (κ3) is 7.33. The monoisotopic (exact) mass is 443 g/mol. The molecule has 0 aliphatic carbocycles. The topological polar surface area (TPSA) is 90.0 Å². The summed E-state index contributed by atoms with van der Waals surface area (Å²) in [5, 5.41) is 12.4. The van der Waals surface area contributed by atoms with Crippen molar-refractivity contribution < 1.29 is 19.5 Å². The number of carboxylic acid groups (broad SMARTS) is 1. The highest BCUT2D eigenvalue weighted by molar-refractivity contribution is 5.79. The summed E-state index contributed by atoms with van der Waals surface area (Å²) in [6.45, 7) is 4.52. The van der Waals surface area contributed by atoms with Crippen molar-refractivity contribution in [2.75, 3.05) is 39.3 Å². The van der Waals surface area contributed by atoms with E-state index in [0.717, 1.165) is 44.6 Å². The van der Waals surface area contributed by atoms with E-state index in [9.17, 15) is 14.4 Å². The Bertz CT molecular complexity index is 752. The minimum atomic E-state index is -0.908. The molecule has 0 saturated carbocycles. The van der Waals surface area contributed by atoms with E-state index in [4.69, 9.17) is 5.11 Å². The molecule has 7 nitrogen and oxygen atoms in total. The maximum Gasteiger partial charge on any atom is 0.305 e. The molecule has 1 aromatic rings. The molecule has 0 bridgehead atoms. The molecule has 32 heavy (non-hydrogen) atoms. The summed E-state index contributed by atoms with van der Waals surface area (Å²) >= 11 is 0. The van der Waals surface area contributed by atoms with E-state index in [2.05, 4.69) is 5.32 Å². The van der Waals surface area contributed by atoms with Crippen LogP contribution in [-0.4, -0.2) is 72.0 Å². The lowest BCUT2D eigenvalue weighted by Crippen LogP contribution is -2.47. The molecule has 2 amide bonds. The van der Waals surface area contributed by atoms with Crippen LogP contribution in [0.4, 0.5) is 0 Å². The van der Waals surface area contributed by atoms with E-state index in [1.807, 2.05) is 35.2 Å². The summed E-state index contributed by atoms with van der Waals surface area (Å²) in [7, 11) is 0. The molecule has 176 valence electrons. The second-order valence-electron chi connectivity index (χ2n) is 9.24. The fourth-order valence-electron chi connectivity index (χ4n) is 4.90. The molecule has 1 aromatic carbocycles. The van der Waals surface area contributed by atoms with Gasteiger partial charge in [-0.15, -0.1) is 0 Å². The van der Waals surface area contributed by atoms with E-state index in [-0.39, 0.29) is 31.2 Å². The summed E-state index contributed by atoms with van der Waals surface area (Å²) in [6.07, 6.45) is 6.38. The Hall–Kier alpha value is -2.41. The average molecular weight is 444 g/mol. The number of rotatable bonds is 10. The zero-order valence-corrected chi connectivity index (χ0v) is 19.1. The van der Waals surface area contributed by atoms with Crippen LogP contribution in [-0.2, 0) is 20.8 Å². The number of aliphatic carboxylic acids is 1. The van der Waals surface area contributed by atoms with Crippen molar-refractivity contribution in [3.8, 4) is 0 Å². The van der Waals surface area contributed by atoms with Crippen molar-refractivity contribution in [3.05, 3.63) is 35.9 Å². The van der Waals surface area contributed by atoms with Crippen LogP contribution in [0.5, 0.6) is 0 Å². The Balaban J connectivity index is 1.41. The second kappa shape index (κ2) is 12.0. The number of piperidine rings is 2. The molecule has 3 rings (SSSR count). The van der Waals surface area contributed by atoms with E-state index in [1.54, 1.807) is 4.90 Å². The van der Waals surface area contributed by atoms with Gasteiger partial charge in [0.1, 0.15) is 0 Å². The first-order chi connectivity index (χ1) is 15.5. The minimum Gasteiger partial charge on any atom is -0.481 e. The quantitative estimate of drug-likeness (QED) is 0.580. The molecular formula is C25H37N3O4. The van der Waals surface area contributed by atoms with Crippen molar-refractivity contribution in [1.82, 2.24) is 15.1 Å². The molecule has 2 N–H and O–H groups in total. The van der Waals surface area contributed by atoms with Gasteiger partial charge < -0.3 is 20.2 Å². The number of carbonyl (C=O) groups excluding carboxylic acids is 2. The molecular weight excluding hydrogens is 406 g/mol. The lowest BCUT2D eigenvalue weighted by Gasteiger charge is -2.44. The van der Waals surface area contributed by atoms with Gasteiger partial charge in [0.25, 0.3) is 0 Å². The van der Waals surface area contributed by atoms with E-state index in [1.165, 1.54) is 12.8 Å². The van der Waals surface area contributed by atoms with Gasteiger partial charge >= 0.3 is 5.97 Å². The summed E-state index contributed by atoms with van der Waals surface area (Å²) in [5.41, 5.74) is 1.54. The van der Waals surface area contributed by atoms with Crippen LogP contribution in [0.25, 0.3) is 0 Å². The van der Waals surface area contributed by atoms with Crippen molar-refractivity contribution in [2.45, 2.75) is 57.8 Å². The molecule has 0 radical (unpaired) electrons. The van der Waals surface area contributed by atoms with Gasteiger partial charge in [0.2, 0.25) is 11.8 Å². The number of amides is 2. The van der Waals surface area contributed by atoms with Gasteiger partial charge in [0.05, 0.1) is 6.42 Å². The van der Waals surface area contributed by atoms with Gasteiger partial charge in [-0.3, -0.25) is 14.4 Å². The van der Waals surface area contributed by atoms with Crippen LogP contribution < -0.4 is 5.32 Å². The maximum absolute atomic E-state index is 12.7. The molecule has 0 unspecified atom stereocenters. The number of likely N-dealkylation sites (tertiary alicyclic amines) is 1. The van der Waals surface area contributed by atoms with Gasteiger partial charge in [-0.25, -0.2) is 0 Å². The van der Waals surface area contributed by atoms with Gasteiger partial charge in [-0.2, -0.15) is 0 Å². The number of carbonyl (C=O) groups is 3. The summed E-state index contributed by atoms with van der Waals surface area (Å²) in [4.78, 5) is 40.0. The van der Waals surface area contributed by atoms with Gasteiger partial charge in [0, 0.05) is 39.0 Å². The summed E-state index contributed by atoms with van der Waals surface area (Å²) in [6, 6.07) is 9.87. The standard InChI is InChI=1S/C25H37N3O4/c29-22(27(18-10-24(31)32)17-9-21-5-2-1-3-6-21)7-4-8-23(30)28-19-13-25(14-20-28)11-15-26-16-12-25/h1-3,5-6,26H,4,7-20H2,(H,31,32). The smallest absolute Gasteiger partial charge is 0.305 e. The SMILES string of the molecule is O=C(O)CCN(CCc1ccccc1)C(=O)CCCC(=O)N1CCC2(CCNCC2)CC1. The normalized spacial score (nSPS) is 17.8. The van der Waals surface area contributed by atoms with Crippen molar-refractivity contribution in [3.63, 3.8) is 0 Å². The predicted molar refractivity (Wildman–Crippen MR) is 123 cm³/mol. The first-order valence-corrected chi connectivity index (χ1v) is 12.0. The maximum atomic E-state index is 12.7. The Kier molecular flexibility index (Phi) is 9.09. The zero-order valence-electron chi connectivity index (χ0n) is 19.1.